The van der Waals surface area contributed by atoms with Crippen LogP contribution < -0.4 is 5.32 Å². The molecular weight excluding hydrogens is 224 g/mol. The molecule has 18 heavy (non-hydrogen) atoms. The van der Waals surface area contributed by atoms with Gasteiger partial charge in [-0.2, -0.15) is 5.10 Å². The summed E-state index contributed by atoms with van der Waals surface area (Å²) >= 11 is 0. The van der Waals surface area contributed by atoms with Gasteiger partial charge in [-0.1, -0.05) is 13.8 Å². The van der Waals surface area contributed by atoms with Crippen LogP contribution in [0.3, 0.4) is 0 Å². The molecule has 1 aliphatic rings. The number of nitrogens with zero attached hydrogens (tertiary/aromatic N) is 3. The Morgan fingerprint density at radius 2 is 2.28 bits per heavy atom. The van der Waals surface area contributed by atoms with Crippen molar-refractivity contribution in [1.82, 2.24) is 20.0 Å². The number of hydrogen-bond donors (Lipinski definition) is 1. The van der Waals surface area contributed by atoms with E-state index in [-0.39, 0.29) is 0 Å². The Labute approximate surface area is 110 Å². The van der Waals surface area contributed by atoms with Crippen molar-refractivity contribution in [2.24, 2.45) is 7.05 Å². The lowest BCUT2D eigenvalue weighted by molar-refractivity contribution is 0.234. The fourth-order valence-corrected chi connectivity index (χ4v) is 2.75. The van der Waals surface area contributed by atoms with E-state index in [1.54, 1.807) is 0 Å². The summed E-state index contributed by atoms with van der Waals surface area (Å²) in [5.41, 5.74) is 2.55. The average molecular weight is 250 g/mol. The SMILES string of the molecule is CCNCC1CCCN1Cc1cc(CC)nn1C. The van der Waals surface area contributed by atoms with E-state index in [0.717, 1.165) is 26.1 Å². The van der Waals surface area contributed by atoms with E-state index in [1.807, 2.05) is 4.68 Å². The first-order valence-electron chi connectivity index (χ1n) is 7.21. The summed E-state index contributed by atoms with van der Waals surface area (Å²) in [5, 5.41) is 8.01. The van der Waals surface area contributed by atoms with E-state index in [0.29, 0.717) is 6.04 Å². The third-order valence-corrected chi connectivity index (χ3v) is 3.88. The van der Waals surface area contributed by atoms with Gasteiger partial charge in [-0.15, -0.1) is 0 Å². The lowest BCUT2D eigenvalue weighted by Crippen LogP contribution is -2.37. The van der Waals surface area contributed by atoms with Gasteiger partial charge in [0.1, 0.15) is 0 Å². The number of nitrogens with one attached hydrogen (secondary N) is 1. The molecule has 0 amide bonds. The average Bonchev–Trinajstić information content (AvgIpc) is 2.95. The van der Waals surface area contributed by atoms with Gasteiger partial charge < -0.3 is 5.32 Å². The van der Waals surface area contributed by atoms with Crippen LogP contribution in [0.5, 0.6) is 0 Å². The number of hydrogen-bond acceptors (Lipinski definition) is 3. The quantitative estimate of drug-likeness (QED) is 0.831. The van der Waals surface area contributed by atoms with Crippen molar-refractivity contribution in [1.29, 1.82) is 0 Å². The van der Waals surface area contributed by atoms with Crippen LogP contribution >= 0.6 is 0 Å². The highest BCUT2D eigenvalue weighted by molar-refractivity contribution is 5.10. The Bertz CT molecular complexity index is 372. The molecule has 0 aromatic carbocycles. The van der Waals surface area contributed by atoms with Crippen LogP contribution in [0.2, 0.25) is 0 Å². The minimum Gasteiger partial charge on any atom is -0.315 e. The standard InChI is InChI=1S/C14H26N4/c1-4-12-9-14(17(3)16-12)11-18-8-6-7-13(18)10-15-5-2/h9,13,15H,4-8,10-11H2,1-3H3. The molecule has 1 unspecified atom stereocenters. The van der Waals surface area contributed by atoms with E-state index < -0.39 is 0 Å². The topological polar surface area (TPSA) is 33.1 Å². The highest BCUT2D eigenvalue weighted by atomic mass is 15.3. The van der Waals surface area contributed by atoms with Gasteiger partial charge in [-0.3, -0.25) is 9.58 Å². The molecule has 2 heterocycles. The van der Waals surface area contributed by atoms with E-state index in [1.165, 1.54) is 30.8 Å². The Balaban J connectivity index is 1.96. The van der Waals surface area contributed by atoms with Crippen LogP contribution in [0, 0.1) is 0 Å². The molecule has 1 aromatic heterocycles. The smallest absolute Gasteiger partial charge is 0.0625 e. The Morgan fingerprint density at radius 1 is 1.44 bits per heavy atom. The Kier molecular flexibility index (Phi) is 4.78. The molecule has 0 bridgehead atoms. The van der Waals surface area contributed by atoms with Crippen molar-refractivity contribution in [2.45, 2.75) is 45.7 Å². The molecule has 1 aliphatic heterocycles. The van der Waals surface area contributed by atoms with E-state index >= 15 is 0 Å². The lowest BCUT2D eigenvalue weighted by Gasteiger charge is -2.24. The van der Waals surface area contributed by atoms with Crippen molar-refractivity contribution in [3.8, 4) is 0 Å². The van der Waals surface area contributed by atoms with Crippen LogP contribution in [-0.2, 0) is 20.0 Å². The molecular formula is C14H26N4. The molecule has 4 heteroatoms. The number of aromatic nitrogens is 2. The minimum atomic E-state index is 0.699. The summed E-state index contributed by atoms with van der Waals surface area (Å²) in [4.78, 5) is 2.60. The zero-order chi connectivity index (χ0) is 13.0. The molecule has 2 rings (SSSR count). The van der Waals surface area contributed by atoms with Gasteiger partial charge in [-0.25, -0.2) is 0 Å². The van der Waals surface area contributed by atoms with E-state index in [4.69, 9.17) is 0 Å². The van der Waals surface area contributed by atoms with Gasteiger partial charge in [0.15, 0.2) is 0 Å². The third kappa shape index (κ3) is 3.12. The first kappa shape index (κ1) is 13.6. The van der Waals surface area contributed by atoms with Crippen LogP contribution in [0.4, 0.5) is 0 Å². The molecule has 102 valence electrons. The zero-order valence-electron chi connectivity index (χ0n) is 11.9. The molecule has 0 spiro atoms. The molecule has 1 aromatic rings. The molecule has 1 saturated heterocycles. The van der Waals surface area contributed by atoms with Crippen LogP contribution in [0.1, 0.15) is 38.1 Å². The summed E-state index contributed by atoms with van der Waals surface area (Å²) in [5.74, 6) is 0. The van der Waals surface area contributed by atoms with E-state index in [2.05, 4.69) is 42.3 Å². The molecule has 0 radical (unpaired) electrons. The molecule has 4 nitrogen and oxygen atoms in total. The predicted molar refractivity (Wildman–Crippen MR) is 74.6 cm³/mol. The Morgan fingerprint density at radius 3 is 2.94 bits per heavy atom. The summed E-state index contributed by atoms with van der Waals surface area (Å²) in [7, 11) is 2.06. The van der Waals surface area contributed by atoms with Gasteiger partial charge in [0.2, 0.25) is 0 Å². The minimum absolute atomic E-state index is 0.699. The maximum atomic E-state index is 4.53. The first-order chi connectivity index (χ1) is 8.74. The monoisotopic (exact) mass is 250 g/mol. The van der Waals surface area contributed by atoms with Gasteiger partial charge in [0.25, 0.3) is 0 Å². The van der Waals surface area contributed by atoms with Crippen molar-refractivity contribution in [2.75, 3.05) is 19.6 Å². The second-order valence-corrected chi connectivity index (χ2v) is 5.18. The maximum absolute atomic E-state index is 4.53. The molecule has 1 atom stereocenters. The second-order valence-electron chi connectivity index (χ2n) is 5.18. The van der Waals surface area contributed by atoms with Crippen molar-refractivity contribution >= 4 is 0 Å². The van der Waals surface area contributed by atoms with Crippen molar-refractivity contribution < 1.29 is 0 Å². The van der Waals surface area contributed by atoms with Crippen LogP contribution in [0.15, 0.2) is 6.07 Å². The predicted octanol–water partition coefficient (Wildman–Crippen LogP) is 1.56. The Hall–Kier alpha value is -0.870. The normalized spacial score (nSPS) is 20.7. The second kappa shape index (κ2) is 6.34. The van der Waals surface area contributed by atoms with Crippen LogP contribution in [0.25, 0.3) is 0 Å². The summed E-state index contributed by atoms with van der Waals surface area (Å²) in [6.45, 7) is 8.79. The highest BCUT2D eigenvalue weighted by Gasteiger charge is 2.24. The zero-order valence-corrected chi connectivity index (χ0v) is 11.9. The number of aryl methyl sites for hydroxylation is 2. The van der Waals surface area contributed by atoms with Crippen molar-refractivity contribution in [3.05, 3.63) is 17.5 Å². The summed E-state index contributed by atoms with van der Waals surface area (Å²) in [6, 6.07) is 2.95. The largest absolute Gasteiger partial charge is 0.315 e. The number of rotatable bonds is 6. The van der Waals surface area contributed by atoms with Gasteiger partial charge in [0.05, 0.1) is 11.4 Å². The fourth-order valence-electron chi connectivity index (χ4n) is 2.75. The summed E-state index contributed by atoms with van der Waals surface area (Å²) < 4.78 is 2.04. The third-order valence-electron chi connectivity index (χ3n) is 3.88. The number of likely N-dealkylation sites (tertiary alicyclic amines) is 1. The molecule has 0 saturated carbocycles. The van der Waals surface area contributed by atoms with Crippen molar-refractivity contribution in [3.63, 3.8) is 0 Å². The lowest BCUT2D eigenvalue weighted by atomic mass is 10.2. The number of likely N-dealkylation sites (N-methyl/N-ethyl adjacent to an activating group) is 1. The van der Waals surface area contributed by atoms with Gasteiger partial charge in [-0.05, 0) is 38.4 Å². The molecule has 1 fully saturated rings. The van der Waals surface area contributed by atoms with Crippen LogP contribution in [-0.4, -0.2) is 40.4 Å². The summed E-state index contributed by atoms with van der Waals surface area (Å²) in [6.07, 6.45) is 3.68. The molecule has 0 aliphatic carbocycles. The first-order valence-corrected chi connectivity index (χ1v) is 7.21. The maximum Gasteiger partial charge on any atom is 0.0625 e. The van der Waals surface area contributed by atoms with Gasteiger partial charge in [0, 0.05) is 26.2 Å². The highest BCUT2D eigenvalue weighted by Crippen LogP contribution is 2.19. The van der Waals surface area contributed by atoms with E-state index in [9.17, 15) is 0 Å². The van der Waals surface area contributed by atoms with Gasteiger partial charge >= 0.3 is 0 Å². The fraction of sp³-hybridized carbons (Fsp3) is 0.786. The molecule has 1 N–H and O–H groups in total.